The van der Waals surface area contributed by atoms with Crippen LogP contribution in [0, 0.1) is 12.7 Å². The fraction of sp³-hybridized carbons (Fsp3) is 0.231. The zero-order chi connectivity index (χ0) is 13.8. The molecule has 0 bridgehead atoms. The molecule has 0 aliphatic rings. The molecule has 19 heavy (non-hydrogen) atoms. The molecule has 0 aliphatic heterocycles. The van der Waals surface area contributed by atoms with Crippen molar-refractivity contribution in [3.8, 4) is 0 Å². The van der Waals surface area contributed by atoms with E-state index < -0.39 is 11.8 Å². The molecule has 4 nitrogen and oxygen atoms in total. The summed E-state index contributed by atoms with van der Waals surface area (Å²) in [4.78, 5) is 15.3. The lowest BCUT2D eigenvalue weighted by atomic mass is 10.1. The van der Waals surface area contributed by atoms with Crippen molar-refractivity contribution < 1.29 is 14.3 Å². The highest BCUT2D eigenvalue weighted by Crippen LogP contribution is 2.17. The number of hydrogen-bond acceptors (Lipinski definition) is 4. The highest BCUT2D eigenvalue weighted by atomic mass is 32.1. The summed E-state index contributed by atoms with van der Waals surface area (Å²) in [5.41, 5.74) is 1.32. The normalized spacial score (nSPS) is 10.4. The van der Waals surface area contributed by atoms with Crippen LogP contribution in [-0.4, -0.2) is 22.6 Å². The van der Waals surface area contributed by atoms with Gasteiger partial charge in [-0.1, -0.05) is 0 Å². The van der Waals surface area contributed by atoms with E-state index in [4.69, 9.17) is 5.11 Å². The zero-order valence-electron chi connectivity index (χ0n) is 10.3. The Bertz CT molecular complexity index is 598. The standard InChI is InChI=1S/C13H13FN2O2S/c1-8-16-10(7-19-8)4-5-15-12-3-2-9(14)6-11(12)13(17)18/h2-3,6-7,15H,4-5H2,1H3,(H,17,18). The Morgan fingerprint density at radius 2 is 2.32 bits per heavy atom. The first kappa shape index (κ1) is 13.5. The number of halogens is 1. The molecule has 0 atom stereocenters. The largest absolute Gasteiger partial charge is 0.478 e. The van der Waals surface area contributed by atoms with Crippen LogP contribution in [0.5, 0.6) is 0 Å². The molecule has 1 aromatic heterocycles. The summed E-state index contributed by atoms with van der Waals surface area (Å²) < 4.78 is 13.0. The number of nitrogens with one attached hydrogen (secondary N) is 1. The Morgan fingerprint density at radius 1 is 1.53 bits per heavy atom. The first-order valence-corrected chi connectivity index (χ1v) is 6.62. The number of nitrogens with zero attached hydrogens (tertiary/aromatic N) is 1. The van der Waals surface area contributed by atoms with E-state index in [9.17, 15) is 9.18 Å². The summed E-state index contributed by atoms with van der Waals surface area (Å²) in [6.07, 6.45) is 0.695. The van der Waals surface area contributed by atoms with Crippen LogP contribution in [0.2, 0.25) is 0 Å². The molecule has 1 aromatic carbocycles. The number of hydrogen-bond donors (Lipinski definition) is 2. The summed E-state index contributed by atoms with van der Waals surface area (Å²) in [6.45, 7) is 2.49. The minimum Gasteiger partial charge on any atom is -0.478 e. The molecule has 0 radical (unpaired) electrons. The van der Waals surface area contributed by atoms with Crippen LogP contribution in [-0.2, 0) is 6.42 Å². The number of thiazole rings is 1. The number of carboxylic acids is 1. The van der Waals surface area contributed by atoms with Crippen molar-refractivity contribution in [2.45, 2.75) is 13.3 Å². The van der Waals surface area contributed by atoms with Crippen molar-refractivity contribution in [3.05, 3.63) is 45.7 Å². The van der Waals surface area contributed by atoms with Gasteiger partial charge < -0.3 is 10.4 Å². The molecule has 0 spiro atoms. The summed E-state index contributed by atoms with van der Waals surface area (Å²) >= 11 is 1.58. The van der Waals surface area contributed by atoms with Gasteiger partial charge in [0.2, 0.25) is 0 Å². The minimum absolute atomic E-state index is 0.0607. The number of benzene rings is 1. The maximum absolute atomic E-state index is 13.0. The highest BCUT2D eigenvalue weighted by Gasteiger charge is 2.11. The molecule has 6 heteroatoms. The Balaban J connectivity index is 2.01. The number of aromatic carboxylic acids is 1. The number of aryl methyl sites for hydroxylation is 1. The van der Waals surface area contributed by atoms with Gasteiger partial charge in [0.15, 0.2) is 0 Å². The van der Waals surface area contributed by atoms with E-state index in [-0.39, 0.29) is 5.56 Å². The summed E-state index contributed by atoms with van der Waals surface area (Å²) in [6, 6.07) is 3.69. The van der Waals surface area contributed by atoms with Crippen molar-refractivity contribution in [2.24, 2.45) is 0 Å². The molecule has 0 amide bonds. The Morgan fingerprint density at radius 3 is 2.95 bits per heavy atom. The number of carbonyl (C=O) groups is 1. The second kappa shape index (κ2) is 5.79. The Hall–Kier alpha value is -1.95. The van der Waals surface area contributed by atoms with E-state index in [2.05, 4.69) is 10.3 Å². The van der Waals surface area contributed by atoms with Crippen LogP contribution in [0.3, 0.4) is 0 Å². The lowest BCUT2D eigenvalue weighted by molar-refractivity contribution is 0.0697. The van der Waals surface area contributed by atoms with Gasteiger partial charge in [-0.25, -0.2) is 14.2 Å². The monoisotopic (exact) mass is 280 g/mol. The smallest absolute Gasteiger partial charge is 0.337 e. The van der Waals surface area contributed by atoms with Crippen LogP contribution in [0.25, 0.3) is 0 Å². The van der Waals surface area contributed by atoms with Crippen LogP contribution >= 0.6 is 11.3 Å². The fourth-order valence-corrected chi connectivity index (χ4v) is 2.34. The molecule has 0 unspecified atom stereocenters. The van der Waals surface area contributed by atoms with Crippen molar-refractivity contribution in [2.75, 3.05) is 11.9 Å². The van der Waals surface area contributed by atoms with Gasteiger partial charge in [0.05, 0.1) is 16.3 Å². The summed E-state index contributed by atoms with van der Waals surface area (Å²) in [5, 5.41) is 15.0. The zero-order valence-corrected chi connectivity index (χ0v) is 11.1. The fourth-order valence-electron chi connectivity index (χ4n) is 1.70. The molecule has 0 fully saturated rings. The SMILES string of the molecule is Cc1nc(CCNc2ccc(F)cc2C(=O)O)cs1. The van der Waals surface area contributed by atoms with E-state index in [0.717, 1.165) is 16.8 Å². The molecule has 0 saturated carbocycles. The molecular formula is C13H13FN2O2S. The topological polar surface area (TPSA) is 62.2 Å². The van der Waals surface area contributed by atoms with Crippen molar-refractivity contribution >= 4 is 23.0 Å². The third-order valence-corrected chi connectivity index (χ3v) is 3.40. The summed E-state index contributed by atoms with van der Waals surface area (Å²) in [7, 11) is 0. The lowest BCUT2D eigenvalue weighted by Crippen LogP contribution is -2.10. The van der Waals surface area contributed by atoms with Crippen LogP contribution in [0.4, 0.5) is 10.1 Å². The number of rotatable bonds is 5. The van der Waals surface area contributed by atoms with Crippen LogP contribution < -0.4 is 5.32 Å². The average molecular weight is 280 g/mol. The number of aromatic nitrogens is 1. The molecule has 2 rings (SSSR count). The molecule has 0 aliphatic carbocycles. The maximum atomic E-state index is 13.0. The van der Waals surface area contributed by atoms with Crippen molar-refractivity contribution in [3.63, 3.8) is 0 Å². The van der Waals surface area contributed by atoms with E-state index in [1.807, 2.05) is 12.3 Å². The number of anilines is 1. The predicted molar refractivity (Wildman–Crippen MR) is 72.4 cm³/mol. The van der Waals surface area contributed by atoms with Gasteiger partial charge in [0, 0.05) is 24.0 Å². The summed E-state index contributed by atoms with van der Waals surface area (Å²) in [5.74, 6) is -1.70. The molecule has 100 valence electrons. The predicted octanol–water partition coefficient (Wildman–Crippen LogP) is 2.94. The van der Waals surface area contributed by atoms with Crippen molar-refractivity contribution in [1.29, 1.82) is 0 Å². The van der Waals surface area contributed by atoms with E-state index in [1.54, 1.807) is 11.3 Å². The van der Waals surface area contributed by atoms with Gasteiger partial charge in [0.25, 0.3) is 0 Å². The van der Waals surface area contributed by atoms with Crippen LogP contribution in [0.1, 0.15) is 21.1 Å². The van der Waals surface area contributed by atoms with Gasteiger partial charge in [-0.15, -0.1) is 11.3 Å². The molecular weight excluding hydrogens is 267 g/mol. The second-order valence-electron chi connectivity index (χ2n) is 4.03. The maximum Gasteiger partial charge on any atom is 0.337 e. The number of carboxylic acid groups (broad SMARTS) is 1. The quantitative estimate of drug-likeness (QED) is 0.884. The third kappa shape index (κ3) is 3.51. The average Bonchev–Trinajstić information content (AvgIpc) is 2.77. The van der Waals surface area contributed by atoms with Gasteiger partial charge in [-0.3, -0.25) is 0 Å². The Kier molecular flexibility index (Phi) is 4.11. The second-order valence-corrected chi connectivity index (χ2v) is 5.09. The lowest BCUT2D eigenvalue weighted by Gasteiger charge is -2.08. The van der Waals surface area contributed by atoms with E-state index >= 15 is 0 Å². The molecule has 1 heterocycles. The molecule has 2 aromatic rings. The van der Waals surface area contributed by atoms with Gasteiger partial charge >= 0.3 is 5.97 Å². The molecule has 0 saturated heterocycles. The van der Waals surface area contributed by atoms with Gasteiger partial charge in [-0.05, 0) is 25.1 Å². The first-order valence-electron chi connectivity index (χ1n) is 5.74. The Labute approximate surface area is 113 Å². The van der Waals surface area contributed by atoms with Crippen molar-refractivity contribution in [1.82, 2.24) is 4.98 Å². The van der Waals surface area contributed by atoms with Crippen LogP contribution in [0.15, 0.2) is 23.6 Å². The van der Waals surface area contributed by atoms with E-state index in [0.29, 0.717) is 18.7 Å². The van der Waals surface area contributed by atoms with Gasteiger partial charge in [-0.2, -0.15) is 0 Å². The highest BCUT2D eigenvalue weighted by molar-refractivity contribution is 7.09. The first-order chi connectivity index (χ1) is 9.06. The van der Waals surface area contributed by atoms with E-state index in [1.165, 1.54) is 12.1 Å². The minimum atomic E-state index is -1.15. The molecule has 2 N–H and O–H groups in total. The third-order valence-electron chi connectivity index (χ3n) is 2.58. The van der Waals surface area contributed by atoms with Gasteiger partial charge in [0.1, 0.15) is 5.82 Å².